The van der Waals surface area contributed by atoms with Crippen molar-refractivity contribution in [2.24, 2.45) is 0 Å². The van der Waals surface area contributed by atoms with E-state index in [2.05, 4.69) is 30.8 Å². The highest BCUT2D eigenvalue weighted by molar-refractivity contribution is 9.11. The summed E-state index contributed by atoms with van der Waals surface area (Å²) in [5, 5.41) is 16.0. The van der Waals surface area contributed by atoms with Gasteiger partial charge in [-0.15, -0.1) is 21.5 Å². The van der Waals surface area contributed by atoms with Crippen LogP contribution < -0.4 is 4.72 Å². The molecule has 0 aliphatic carbocycles. The molecule has 2 rings (SSSR count). The van der Waals surface area contributed by atoms with Crippen molar-refractivity contribution in [1.82, 2.24) is 10.2 Å². The number of aromatic carboxylic acids is 1. The van der Waals surface area contributed by atoms with Gasteiger partial charge in [0, 0.05) is 0 Å². The van der Waals surface area contributed by atoms with Crippen LogP contribution in [0.25, 0.3) is 0 Å². The molecule has 0 aromatic carbocycles. The summed E-state index contributed by atoms with van der Waals surface area (Å²) in [5.41, 5.74) is 1.38. The van der Waals surface area contributed by atoms with E-state index in [0.717, 1.165) is 28.7 Å². The minimum Gasteiger partial charge on any atom is -0.477 e. The summed E-state index contributed by atoms with van der Waals surface area (Å²) in [4.78, 5) is 10.6. The van der Waals surface area contributed by atoms with Crippen molar-refractivity contribution in [2.45, 2.75) is 4.90 Å². The van der Waals surface area contributed by atoms with Crippen molar-refractivity contribution in [3.8, 4) is 0 Å². The highest BCUT2D eigenvalue weighted by Gasteiger charge is 2.24. The maximum Gasteiger partial charge on any atom is 0.345 e. The lowest BCUT2D eigenvalue weighted by atomic mass is 10.5. The van der Waals surface area contributed by atoms with Crippen molar-refractivity contribution in [3.63, 3.8) is 0 Å². The third kappa shape index (κ3) is 2.68. The first-order valence-electron chi connectivity index (χ1n) is 4.22. The van der Waals surface area contributed by atoms with Gasteiger partial charge in [-0.3, -0.25) is 4.72 Å². The maximum absolute atomic E-state index is 12.0. The first-order valence-corrected chi connectivity index (χ1v) is 8.19. The maximum atomic E-state index is 12.0. The Morgan fingerprint density at radius 1 is 1.50 bits per heavy atom. The van der Waals surface area contributed by atoms with Crippen LogP contribution in [0, 0.1) is 0 Å². The fourth-order valence-electron chi connectivity index (χ4n) is 1.03. The third-order valence-corrected chi connectivity index (χ3v) is 6.05. The minimum absolute atomic E-state index is 0.0699. The van der Waals surface area contributed by atoms with E-state index in [9.17, 15) is 13.2 Å². The minimum atomic E-state index is -3.87. The molecule has 0 bridgehead atoms. The van der Waals surface area contributed by atoms with Crippen LogP contribution in [-0.4, -0.2) is 29.7 Å². The number of aromatic nitrogens is 2. The van der Waals surface area contributed by atoms with Crippen LogP contribution >= 0.6 is 38.6 Å². The highest BCUT2D eigenvalue weighted by Crippen LogP contribution is 2.32. The number of carboxylic acids is 1. The molecule has 0 atom stereocenters. The van der Waals surface area contributed by atoms with Gasteiger partial charge in [0.05, 0.1) is 3.79 Å². The number of anilines is 1. The molecule has 96 valence electrons. The lowest BCUT2D eigenvalue weighted by Crippen LogP contribution is -2.12. The first-order chi connectivity index (χ1) is 8.40. The Morgan fingerprint density at radius 3 is 2.72 bits per heavy atom. The van der Waals surface area contributed by atoms with Gasteiger partial charge in [-0.05, 0) is 22.0 Å². The molecule has 2 N–H and O–H groups in total. The molecule has 18 heavy (non-hydrogen) atoms. The van der Waals surface area contributed by atoms with Crippen LogP contribution in [0.2, 0.25) is 0 Å². The van der Waals surface area contributed by atoms with E-state index in [1.165, 1.54) is 5.51 Å². The number of halogens is 1. The summed E-state index contributed by atoms with van der Waals surface area (Å²) in [6.07, 6.45) is 0. The zero-order chi connectivity index (χ0) is 13.3. The Balaban J connectivity index is 2.38. The van der Waals surface area contributed by atoms with Gasteiger partial charge in [0.15, 0.2) is 0 Å². The average molecular weight is 370 g/mol. The fourth-order valence-corrected chi connectivity index (χ4v) is 5.13. The molecule has 0 aliphatic heterocycles. The standard InChI is InChI=1S/C7H4BrN3O4S3/c8-5-4(1-3(17-5)6(12)13)18(14,15)11-7-10-9-2-16-7/h1-2H,(H,10,11)(H,12,13). The van der Waals surface area contributed by atoms with E-state index < -0.39 is 16.0 Å². The summed E-state index contributed by atoms with van der Waals surface area (Å²) >= 11 is 4.88. The van der Waals surface area contributed by atoms with Gasteiger partial charge in [0.1, 0.15) is 15.3 Å². The van der Waals surface area contributed by atoms with Crippen LogP contribution in [0.3, 0.4) is 0 Å². The van der Waals surface area contributed by atoms with Crippen LogP contribution in [0.1, 0.15) is 9.67 Å². The molecular formula is C7H4BrN3O4S3. The summed E-state index contributed by atoms with van der Waals surface area (Å²) in [6.45, 7) is 0. The van der Waals surface area contributed by atoms with Crippen molar-refractivity contribution >= 4 is 59.7 Å². The van der Waals surface area contributed by atoms with Crippen molar-refractivity contribution < 1.29 is 18.3 Å². The number of carbonyl (C=O) groups is 1. The average Bonchev–Trinajstić information content (AvgIpc) is 2.86. The number of thiophene rings is 1. The quantitative estimate of drug-likeness (QED) is 0.850. The molecule has 2 heterocycles. The second kappa shape index (κ2) is 4.91. The summed E-state index contributed by atoms with van der Waals surface area (Å²) in [6, 6.07) is 1.08. The van der Waals surface area contributed by atoms with Gasteiger partial charge in [-0.25, -0.2) is 13.2 Å². The van der Waals surface area contributed by atoms with E-state index in [1.807, 2.05) is 0 Å². The van der Waals surface area contributed by atoms with Crippen molar-refractivity contribution in [3.05, 3.63) is 20.2 Å². The van der Waals surface area contributed by atoms with E-state index in [0.29, 0.717) is 0 Å². The molecule has 0 unspecified atom stereocenters. The predicted molar refractivity (Wildman–Crippen MR) is 69.7 cm³/mol. The Morgan fingerprint density at radius 2 is 2.22 bits per heavy atom. The van der Waals surface area contributed by atoms with E-state index in [4.69, 9.17) is 5.11 Å². The van der Waals surface area contributed by atoms with Gasteiger partial charge < -0.3 is 5.11 Å². The third-order valence-electron chi connectivity index (χ3n) is 1.74. The zero-order valence-corrected chi connectivity index (χ0v) is 12.4. The number of carboxylic acid groups (broad SMARTS) is 1. The van der Waals surface area contributed by atoms with Gasteiger partial charge in [0.2, 0.25) is 5.13 Å². The van der Waals surface area contributed by atoms with E-state index >= 15 is 0 Å². The zero-order valence-electron chi connectivity index (χ0n) is 8.32. The smallest absolute Gasteiger partial charge is 0.345 e. The normalized spacial score (nSPS) is 11.4. The van der Waals surface area contributed by atoms with Crippen LogP contribution in [0.5, 0.6) is 0 Å². The predicted octanol–water partition coefficient (Wildman–Crippen LogP) is 1.86. The summed E-state index contributed by atoms with van der Waals surface area (Å²) in [5.74, 6) is -1.18. The monoisotopic (exact) mass is 369 g/mol. The van der Waals surface area contributed by atoms with Crippen molar-refractivity contribution in [2.75, 3.05) is 4.72 Å². The number of hydrogen-bond donors (Lipinski definition) is 2. The van der Waals surface area contributed by atoms with Gasteiger partial charge in [0.25, 0.3) is 10.0 Å². The highest BCUT2D eigenvalue weighted by atomic mass is 79.9. The lowest BCUT2D eigenvalue weighted by molar-refractivity contribution is 0.0702. The van der Waals surface area contributed by atoms with E-state index in [-0.39, 0.29) is 18.7 Å². The summed E-state index contributed by atoms with van der Waals surface area (Å²) < 4.78 is 26.4. The second-order valence-corrected chi connectivity index (χ2v) is 7.76. The fraction of sp³-hybridized carbons (Fsp3) is 0. The number of nitrogens with zero attached hydrogens (tertiary/aromatic N) is 2. The number of rotatable bonds is 4. The van der Waals surface area contributed by atoms with Crippen LogP contribution in [-0.2, 0) is 10.0 Å². The molecule has 0 radical (unpaired) electrons. The van der Waals surface area contributed by atoms with E-state index in [1.54, 1.807) is 0 Å². The SMILES string of the molecule is O=C(O)c1cc(S(=O)(=O)Nc2nncs2)c(Br)s1. The van der Waals surface area contributed by atoms with Gasteiger partial charge in [-0.2, -0.15) is 0 Å². The molecule has 0 spiro atoms. The largest absolute Gasteiger partial charge is 0.477 e. The molecule has 0 fully saturated rings. The molecular weight excluding hydrogens is 366 g/mol. The summed E-state index contributed by atoms with van der Waals surface area (Å²) in [7, 11) is -3.87. The van der Waals surface area contributed by atoms with Crippen LogP contribution in [0.15, 0.2) is 20.3 Å². The second-order valence-electron chi connectivity index (χ2n) is 2.90. The first kappa shape index (κ1) is 13.4. The van der Waals surface area contributed by atoms with Gasteiger partial charge in [-0.1, -0.05) is 11.3 Å². The molecule has 0 amide bonds. The lowest BCUT2D eigenvalue weighted by Gasteiger charge is -2.02. The molecule has 0 aliphatic rings. The molecule has 7 nitrogen and oxygen atoms in total. The molecule has 11 heteroatoms. The Kier molecular flexibility index (Phi) is 3.66. The molecule has 0 saturated heterocycles. The number of hydrogen-bond acceptors (Lipinski definition) is 7. The van der Waals surface area contributed by atoms with Gasteiger partial charge >= 0.3 is 5.97 Å². The Hall–Kier alpha value is -1.04. The topological polar surface area (TPSA) is 109 Å². The van der Waals surface area contributed by atoms with Crippen molar-refractivity contribution in [1.29, 1.82) is 0 Å². The Bertz CT molecular complexity index is 679. The number of sulfonamides is 1. The molecule has 2 aromatic heterocycles. The molecule has 2 aromatic rings. The molecule has 0 saturated carbocycles. The number of nitrogens with one attached hydrogen (secondary N) is 1. The van der Waals surface area contributed by atoms with Crippen LogP contribution in [0.4, 0.5) is 5.13 Å². The Labute approximate surface area is 118 Å².